The number of amides is 2. The molecule has 2 amide bonds. The molecule has 0 aliphatic carbocycles. The second-order valence-corrected chi connectivity index (χ2v) is 7.09. The Morgan fingerprint density at radius 2 is 1.94 bits per heavy atom. The second-order valence-electron chi connectivity index (χ2n) is 7.09. The summed E-state index contributed by atoms with van der Waals surface area (Å²) in [5.74, 6) is -0.00323. The molecule has 0 radical (unpaired) electrons. The van der Waals surface area contributed by atoms with Crippen LogP contribution in [-0.2, 0) is 4.74 Å². The standard InChI is InChI=1S/C23H17FN4O3/c24-16-6-9-19-20(13-16)27-21(26-19)14-4-7-17(8-5-14)25-22(29)15-2-1-3-18(12-15)28-10-11-31-23(28)30/h1-9,12-13H,10-11H2,(H,25,29)(H,26,27). The van der Waals surface area contributed by atoms with Crippen LogP contribution in [0.3, 0.4) is 0 Å². The van der Waals surface area contributed by atoms with Crippen molar-refractivity contribution in [2.24, 2.45) is 0 Å². The van der Waals surface area contributed by atoms with E-state index in [1.165, 1.54) is 17.0 Å². The van der Waals surface area contributed by atoms with Gasteiger partial charge in [-0.1, -0.05) is 6.07 Å². The molecule has 5 rings (SSSR count). The number of carbonyl (C=O) groups excluding carboxylic acids is 2. The van der Waals surface area contributed by atoms with E-state index in [2.05, 4.69) is 15.3 Å². The summed E-state index contributed by atoms with van der Waals surface area (Å²) in [6.45, 7) is 0.793. The van der Waals surface area contributed by atoms with Crippen LogP contribution in [0.4, 0.5) is 20.6 Å². The third-order valence-corrected chi connectivity index (χ3v) is 5.04. The molecule has 0 spiro atoms. The van der Waals surface area contributed by atoms with E-state index in [0.29, 0.717) is 46.9 Å². The van der Waals surface area contributed by atoms with Gasteiger partial charge in [-0.05, 0) is 60.7 Å². The number of fused-ring (bicyclic) bond motifs is 1. The summed E-state index contributed by atoms with van der Waals surface area (Å²) in [5, 5.41) is 2.85. The molecule has 1 fully saturated rings. The van der Waals surface area contributed by atoms with E-state index in [1.54, 1.807) is 42.5 Å². The Bertz CT molecular complexity index is 1300. The topological polar surface area (TPSA) is 87.3 Å². The average Bonchev–Trinajstić information content (AvgIpc) is 3.40. The number of benzene rings is 3. The summed E-state index contributed by atoms with van der Waals surface area (Å²) in [4.78, 5) is 33.5. The first-order valence-corrected chi connectivity index (χ1v) is 9.68. The van der Waals surface area contributed by atoms with Gasteiger partial charge in [0.25, 0.3) is 5.91 Å². The fraction of sp³-hybridized carbons (Fsp3) is 0.0870. The van der Waals surface area contributed by atoms with Crippen molar-refractivity contribution in [1.29, 1.82) is 0 Å². The SMILES string of the molecule is O=C(Nc1ccc(-c2nc3ccc(F)cc3[nH]2)cc1)c1cccc(N2CCOC2=O)c1. The molecule has 2 heterocycles. The maximum absolute atomic E-state index is 13.4. The molecule has 154 valence electrons. The van der Waals surface area contributed by atoms with Gasteiger partial charge in [-0.15, -0.1) is 0 Å². The third kappa shape index (κ3) is 3.71. The number of imidazole rings is 1. The first-order chi connectivity index (χ1) is 15.1. The molecule has 3 aromatic carbocycles. The van der Waals surface area contributed by atoms with Gasteiger partial charge in [0.05, 0.1) is 17.6 Å². The highest BCUT2D eigenvalue weighted by Crippen LogP contribution is 2.24. The van der Waals surface area contributed by atoms with E-state index in [1.807, 2.05) is 12.1 Å². The average molecular weight is 416 g/mol. The molecule has 0 unspecified atom stereocenters. The van der Waals surface area contributed by atoms with Crippen molar-refractivity contribution in [3.8, 4) is 11.4 Å². The van der Waals surface area contributed by atoms with Crippen molar-refractivity contribution < 1.29 is 18.7 Å². The fourth-order valence-electron chi connectivity index (χ4n) is 3.48. The van der Waals surface area contributed by atoms with Crippen LogP contribution in [0.5, 0.6) is 0 Å². The molecular formula is C23H17FN4O3. The van der Waals surface area contributed by atoms with Crippen LogP contribution in [0.1, 0.15) is 10.4 Å². The lowest BCUT2D eigenvalue weighted by Gasteiger charge is -2.14. The van der Waals surface area contributed by atoms with Gasteiger partial charge in [0.15, 0.2) is 0 Å². The van der Waals surface area contributed by atoms with E-state index in [-0.39, 0.29) is 11.7 Å². The Morgan fingerprint density at radius 1 is 1.10 bits per heavy atom. The number of nitrogens with zero attached hydrogens (tertiary/aromatic N) is 2. The summed E-state index contributed by atoms with van der Waals surface area (Å²) in [7, 11) is 0. The van der Waals surface area contributed by atoms with Crippen molar-refractivity contribution in [2.45, 2.75) is 0 Å². The number of nitrogens with one attached hydrogen (secondary N) is 2. The summed E-state index contributed by atoms with van der Waals surface area (Å²) >= 11 is 0. The van der Waals surface area contributed by atoms with Crippen molar-refractivity contribution in [2.75, 3.05) is 23.4 Å². The van der Waals surface area contributed by atoms with E-state index >= 15 is 0 Å². The molecule has 1 aliphatic rings. The van der Waals surface area contributed by atoms with Gasteiger partial charge in [-0.25, -0.2) is 14.2 Å². The monoisotopic (exact) mass is 416 g/mol. The quantitative estimate of drug-likeness (QED) is 0.510. The number of aromatic nitrogens is 2. The van der Waals surface area contributed by atoms with Crippen LogP contribution < -0.4 is 10.2 Å². The van der Waals surface area contributed by atoms with Crippen molar-refractivity contribution in [3.63, 3.8) is 0 Å². The highest BCUT2D eigenvalue weighted by molar-refractivity contribution is 6.05. The lowest BCUT2D eigenvalue weighted by Crippen LogP contribution is -2.23. The molecule has 1 saturated heterocycles. The van der Waals surface area contributed by atoms with Crippen LogP contribution in [0.25, 0.3) is 22.4 Å². The lowest BCUT2D eigenvalue weighted by molar-refractivity contribution is 0.102. The third-order valence-electron chi connectivity index (χ3n) is 5.04. The Hall–Kier alpha value is -4.20. The van der Waals surface area contributed by atoms with E-state index < -0.39 is 6.09 Å². The van der Waals surface area contributed by atoms with Crippen molar-refractivity contribution in [1.82, 2.24) is 9.97 Å². The maximum Gasteiger partial charge on any atom is 0.414 e. The number of hydrogen-bond donors (Lipinski definition) is 2. The zero-order valence-corrected chi connectivity index (χ0v) is 16.3. The minimum Gasteiger partial charge on any atom is -0.447 e. The van der Waals surface area contributed by atoms with Crippen LogP contribution in [0.15, 0.2) is 66.7 Å². The second kappa shape index (κ2) is 7.56. The molecule has 1 aliphatic heterocycles. The number of aromatic amines is 1. The highest BCUT2D eigenvalue weighted by Gasteiger charge is 2.24. The number of ether oxygens (including phenoxy) is 1. The van der Waals surface area contributed by atoms with Gasteiger partial charge < -0.3 is 15.0 Å². The minimum atomic E-state index is -0.415. The molecule has 0 atom stereocenters. The van der Waals surface area contributed by atoms with Gasteiger partial charge in [0.1, 0.15) is 18.2 Å². The van der Waals surface area contributed by atoms with Crippen LogP contribution in [0.2, 0.25) is 0 Å². The van der Waals surface area contributed by atoms with E-state index in [9.17, 15) is 14.0 Å². The van der Waals surface area contributed by atoms with Crippen molar-refractivity contribution >= 4 is 34.4 Å². The zero-order chi connectivity index (χ0) is 21.4. The predicted octanol–water partition coefficient (Wildman–Crippen LogP) is 4.58. The number of anilines is 2. The molecular weight excluding hydrogens is 399 g/mol. The molecule has 4 aromatic rings. The van der Waals surface area contributed by atoms with Crippen molar-refractivity contribution in [3.05, 3.63) is 78.1 Å². The van der Waals surface area contributed by atoms with Gasteiger partial charge >= 0.3 is 6.09 Å². The summed E-state index contributed by atoms with van der Waals surface area (Å²) in [5.41, 5.74) is 3.77. The molecule has 7 nitrogen and oxygen atoms in total. The van der Waals surface area contributed by atoms with Crippen LogP contribution in [-0.4, -0.2) is 35.1 Å². The smallest absolute Gasteiger partial charge is 0.414 e. The number of carbonyl (C=O) groups is 2. The highest BCUT2D eigenvalue weighted by atomic mass is 19.1. The molecule has 31 heavy (non-hydrogen) atoms. The number of rotatable bonds is 4. The summed E-state index contributed by atoms with van der Waals surface area (Å²) in [6, 6.07) is 18.4. The zero-order valence-electron chi connectivity index (χ0n) is 16.3. The summed E-state index contributed by atoms with van der Waals surface area (Å²) < 4.78 is 18.3. The Morgan fingerprint density at radius 3 is 2.71 bits per heavy atom. The number of hydrogen-bond acceptors (Lipinski definition) is 4. The largest absolute Gasteiger partial charge is 0.447 e. The molecule has 0 bridgehead atoms. The van der Waals surface area contributed by atoms with Gasteiger partial charge in [0, 0.05) is 22.5 Å². The molecule has 8 heteroatoms. The number of H-pyrrole nitrogens is 1. The van der Waals surface area contributed by atoms with Crippen LogP contribution in [0, 0.1) is 5.82 Å². The number of cyclic esters (lactones) is 1. The molecule has 1 aromatic heterocycles. The normalized spacial score (nSPS) is 13.5. The fourth-order valence-corrected chi connectivity index (χ4v) is 3.48. The molecule has 2 N–H and O–H groups in total. The first kappa shape index (κ1) is 18.8. The predicted molar refractivity (Wildman–Crippen MR) is 115 cm³/mol. The molecule has 0 saturated carbocycles. The van der Waals surface area contributed by atoms with Crippen LogP contribution >= 0.6 is 0 Å². The lowest BCUT2D eigenvalue weighted by atomic mass is 10.1. The first-order valence-electron chi connectivity index (χ1n) is 9.68. The minimum absolute atomic E-state index is 0.290. The Labute approximate surface area is 176 Å². The number of halogens is 1. The van der Waals surface area contributed by atoms with E-state index in [4.69, 9.17) is 4.74 Å². The Kier molecular flexibility index (Phi) is 4.59. The summed E-state index contributed by atoms with van der Waals surface area (Å²) in [6.07, 6.45) is -0.415. The van der Waals surface area contributed by atoms with Gasteiger partial charge in [-0.3, -0.25) is 9.69 Å². The van der Waals surface area contributed by atoms with Gasteiger partial charge in [0.2, 0.25) is 0 Å². The maximum atomic E-state index is 13.4. The van der Waals surface area contributed by atoms with E-state index in [0.717, 1.165) is 5.56 Å². The Balaban J connectivity index is 1.32. The van der Waals surface area contributed by atoms with Gasteiger partial charge in [-0.2, -0.15) is 0 Å².